The van der Waals surface area contributed by atoms with Crippen molar-refractivity contribution in [3.63, 3.8) is 0 Å². The zero-order valence-corrected chi connectivity index (χ0v) is 22.1. The Morgan fingerprint density at radius 3 is 2.43 bits per heavy atom. The number of benzene rings is 3. The number of rotatable bonds is 9. The van der Waals surface area contributed by atoms with Crippen LogP contribution in [-0.4, -0.2) is 59.8 Å². The number of morpholine rings is 1. The van der Waals surface area contributed by atoms with Gasteiger partial charge in [-0.25, -0.2) is 4.98 Å². The predicted molar refractivity (Wildman–Crippen MR) is 149 cm³/mol. The molecule has 1 aliphatic heterocycles. The van der Waals surface area contributed by atoms with Gasteiger partial charge in [0.15, 0.2) is 0 Å². The lowest BCUT2D eigenvalue weighted by Crippen LogP contribution is -2.38. The summed E-state index contributed by atoms with van der Waals surface area (Å²) in [5, 5.41) is 4.30. The van der Waals surface area contributed by atoms with Crippen LogP contribution in [0.25, 0.3) is 11.0 Å². The van der Waals surface area contributed by atoms with E-state index in [9.17, 15) is 4.79 Å². The summed E-state index contributed by atoms with van der Waals surface area (Å²) in [4.78, 5) is 19.9. The summed E-state index contributed by atoms with van der Waals surface area (Å²) < 4.78 is 7.57. The molecular weight excluding hydrogens is 507 g/mol. The standard InChI is InChI=1S/C29H30Cl2N4O2/c30-24-5-3-6-25(31)23(24)19-28-33-26-7-1-2-8-27(26)35(28)20-21-9-11-22(12-10-21)29(36)32-13-4-14-34-15-17-37-18-16-34/h1-3,5-12H,4,13-20H2,(H,32,36). The zero-order valence-electron chi connectivity index (χ0n) is 20.6. The molecule has 1 N–H and O–H groups in total. The van der Waals surface area contributed by atoms with Gasteiger partial charge in [-0.2, -0.15) is 0 Å². The SMILES string of the molecule is O=C(NCCCN1CCOCC1)c1ccc(Cn2c(Cc3c(Cl)cccc3Cl)nc3ccccc32)cc1. The molecule has 4 aromatic rings. The van der Waals surface area contributed by atoms with Crippen molar-refractivity contribution in [1.82, 2.24) is 19.8 Å². The average Bonchev–Trinajstić information content (AvgIpc) is 3.26. The Balaban J connectivity index is 1.26. The molecule has 1 fully saturated rings. The van der Waals surface area contributed by atoms with Crippen LogP contribution < -0.4 is 5.32 Å². The van der Waals surface area contributed by atoms with Gasteiger partial charge >= 0.3 is 0 Å². The van der Waals surface area contributed by atoms with Crippen molar-refractivity contribution in [2.24, 2.45) is 0 Å². The maximum absolute atomic E-state index is 12.6. The summed E-state index contributed by atoms with van der Waals surface area (Å²) in [5.74, 6) is 0.842. The van der Waals surface area contributed by atoms with Crippen molar-refractivity contribution in [2.75, 3.05) is 39.4 Å². The smallest absolute Gasteiger partial charge is 0.251 e. The van der Waals surface area contributed by atoms with Gasteiger partial charge in [-0.3, -0.25) is 9.69 Å². The number of carbonyl (C=O) groups is 1. The second-order valence-electron chi connectivity index (χ2n) is 9.24. The molecule has 2 heterocycles. The Labute approximate surface area is 227 Å². The maximum Gasteiger partial charge on any atom is 0.251 e. The van der Waals surface area contributed by atoms with Gasteiger partial charge in [-0.1, -0.05) is 53.5 Å². The second kappa shape index (κ2) is 12.1. The second-order valence-corrected chi connectivity index (χ2v) is 10.1. The third-order valence-electron chi connectivity index (χ3n) is 6.73. The number of halogens is 2. The lowest BCUT2D eigenvalue weighted by atomic mass is 10.1. The lowest BCUT2D eigenvalue weighted by molar-refractivity contribution is 0.0374. The molecule has 0 bridgehead atoms. The highest BCUT2D eigenvalue weighted by Crippen LogP contribution is 2.28. The first kappa shape index (κ1) is 25.7. The third kappa shape index (κ3) is 6.33. The molecule has 0 radical (unpaired) electrons. The number of carbonyl (C=O) groups excluding carboxylic acids is 1. The molecule has 6 nitrogen and oxygen atoms in total. The van der Waals surface area contributed by atoms with Crippen LogP contribution in [-0.2, 0) is 17.7 Å². The van der Waals surface area contributed by atoms with E-state index in [1.807, 2.05) is 60.7 Å². The zero-order chi connectivity index (χ0) is 25.6. The number of hydrogen-bond donors (Lipinski definition) is 1. The number of nitrogens with zero attached hydrogens (tertiary/aromatic N) is 3. The van der Waals surface area contributed by atoms with Crippen LogP contribution >= 0.6 is 23.2 Å². The largest absolute Gasteiger partial charge is 0.379 e. The topological polar surface area (TPSA) is 59.4 Å². The first-order chi connectivity index (χ1) is 18.1. The molecule has 0 atom stereocenters. The monoisotopic (exact) mass is 536 g/mol. The Morgan fingerprint density at radius 2 is 1.68 bits per heavy atom. The molecule has 1 amide bonds. The lowest BCUT2D eigenvalue weighted by Gasteiger charge is -2.26. The molecule has 192 valence electrons. The number of nitrogens with one attached hydrogen (secondary N) is 1. The van der Waals surface area contributed by atoms with E-state index >= 15 is 0 Å². The van der Waals surface area contributed by atoms with Crippen LogP contribution in [0.2, 0.25) is 10.0 Å². The predicted octanol–water partition coefficient (Wildman–Crippen LogP) is 5.43. The summed E-state index contributed by atoms with van der Waals surface area (Å²) in [7, 11) is 0. The number of hydrogen-bond acceptors (Lipinski definition) is 4. The van der Waals surface area contributed by atoms with E-state index in [4.69, 9.17) is 32.9 Å². The molecule has 5 rings (SSSR count). The summed E-state index contributed by atoms with van der Waals surface area (Å²) in [6.45, 7) is 5.78. The molecular formula is C29H30Cl2N4O2. The fraction of sp³-hybridized carbons (Fsp3) is 0.310. The van der Waals surface area contributed by atoms with Crippen molar-refractivity contribution in [1.29, 1.82) is 0 Å². The first-order valence-corrected chi connectivity index (χ1v) is 13.4. The van der Waals surface area contributed by atoms with Crippen molar-refractivity contribution in [3.05, 3.63) is 99.3 Å². The third-order valence-corrected chi connectivity index (χ3v) is 7.44. The van der Waals surface area contributed by atoms with Crippen molar-refractivity contribution in [3.8, 4) is 0 Å². The number of ether oxygens (including phenoxy) is 1. The normalized spacial score (nSPS) is 14.2. The van der Waals surface area contributed by atoms with Gasteiger partial charge in [-0.15, -0.1) is 0 Å². The molecule has 1 aromatic heterocycles. The van der Waals surface area contributed by atoms with Gasteiger partial charge in [0.1, 0.15) is 5.82 Å². The molecule has 0 saturated carbocycles. The average molecular weight is 537 g/mol. The van der Waals surface area contributed by atoms with Gasteiger partial charge in [0.2, 0.25) is 0 Å². The molecule has 3 aromatic carbocycles. The molecule has 1 aliphatic rings. The van der Waals surface area contributed by atoms with E-state index in [1.54, 1.807) is 0 Å². The van der Waals surface area contributed by atoms with Crippen molar-refractivity contribution in [2.45, 2.75) is 19.4 Å². The Morgan fingerprint density at radius 1 is 0.946 bits per heavy atom. The molecule has 0 aliphatic carbocycles. The molecule has 37 heavy (non-hydrogen) atoms. The summed E-state index contributed by atoms with van der Waals surface area (Å²) >= 11 is 12.9. The van der Waals surface area contributed by atoms with Crippen LogP contribution in [0.1, 0.15) is 33.7 Å². The number of fused-ring (bicyclic) bond motifs is 1. The summed E-state index contributed by atoms with van der Waals surface area (Å²) in [6, 6.07) is 21.4. The van der Waals surface area contributed by atoms with Crippen LogP contribution in [0, 0.1) is 0 Å². The quantitative estimate of drug-likeness (QED) is 0.289. The number of aromatic nitrogens is 2. The van der Waals surface area contributed by atoms with Crippen molar-refractivity contribution < 1.29 is 9.53 Å². The van der Waals surface area contributed by atoms with Crippen LogP contribution in [0.5, 0.6) is 0 Å². The van der Waals surface area contributed by atoms with E-state index in [0.29, 0.717) is 35.1 Å². The van der Waals surface area contributed by atoms with Crippen molar-refractivity contribution >= 4 is 40.1 Å². The van der Waals surface area contributed by atoms with Gasteiger partial charge < -0.3 is 14.6 Å². The Bertz CT molecular complexity index is 1340. The number of imidazole rings is 1. The molecule has 1 saturated heterocycles. The first-order valence-electron chi connectivity index (χ1n) is 12.6. The highest BCUT2D eigenvalue weighted by molar-refractivity contribution is 6.36. The fourth-order valence-corrected chi connectivity index (χ4v) is 5.20. The minimum Gasteiger partial charge on any atom is -0.379 e. The molecule has 0 spiro atoms. The minimum absolute atomic E-state index is 0.0457. The van der Waals surface area contributed by atoms with Gasteiger partial charge in [0.05, 0.1) is 24.2 Å². The fourth-order valence-electron chi connectivity index (χ4n) is 4.67. The van der Waals surface area contributed by atoms with Crippen LogP contribution in [0.15, 0.2) is 66.7 Å². The number of amides is 1. The van der Waals surface area contributed by atoms with E-state index in [2.05, 4.69) is 20.9 Å². The van der Waals surface area contributed by atoms with Gasteiger partial charge in [0.25, 0.3) is 5.91 Å². The Hall–Kier alpha value is -2.90. The van der Waals surface area contributed by atoms with Gasteiger partial charge in [-0.05, 0) is 60.5 Å². The van der Waals surface area contributed by atoms with E-state index in [1.165, 1.54) is 0 Å². The minimum atomic E-state index is -0.0457. The Kier molecular flexibility index (Phi) is 8.41. The summed E-state index contributed by atoms with van der Waals surface area (Å²) in [6.07, 6.45) is 1.45. The highest BCUT2D eigenvalue weighted by Gasteiger charge is 2.16. The molecule has 0 unspecified atom stereocenters. The summed E-state index contributed by atoms with van der Waals surface area (Å²) in [5.41, 5.74) is 4.58. The molecule has 8 heteroatoms. The van der Waals surface area contributed by atoms with Crippen LogP contribution in [0.4, 0.5) is 0 Å². The van der Waals surface area contributed by atoms with E-state index in [0.717, 1.165) is 67.3 Å². The van der Waals surface area contributed by atoms with Gasteiger partial charge in [0, 0.05) is 48.2 Å². The highest BCUT2D eigenvalue weighted by atomic mass is 35.5. The van der Waals surface area contributed by atoms with Crippen LogP contribution in [0.3, 0.4) is 0 Å². The van der Waals surface area contributed by atoms with E-state index in [-0.39, 0.29) is 5.91 Å². The number of para-hydroxylation sites is 2. The van der Waals surface area contributed by atoms with E-state index < -0.39 is 0 Å². The maximum atomic E-state index is 12.6.